The zero-order valence-corrected chi connectivity index (χ0v) is 14.2. The molecule has 0 bridgehead atoms. The molecule has 1 saturated heterocycles. The molecule has 0 radical (unpaired) electrons. The number of likely N-dealkylation sites (tertiary alicyclic amines) is 1. The van der Waals surface area contributed by atoms with E-state index in [4.69, 9.17) is 4.42 Å². The second-order valence-corrected chi connectivity index (χ2v) is 6.82. The fourth-order valence-corrected chi connectivity index (χ4v) is 3.64. The number of rotatable bonds is 5. The lowest BCUT2D eigenvalue weighted by atomic mass is 10.0. The Kier molecular flexibility index (Phi) is 4.19. The van der Waals surface area contributed by atoms with Gasteiger partial charge < -0.3 is 9.52 Å². The number of hydrogen-bond acceptors (Lipinski definition) is 5. The summed E-state index contributed by atoms with van der Waals surface area (Å²) in [5.74, 6) is -0.162. The number of oxazole rings is 1. The summed E-state index contributed by atoms with van der Waals surface area (Å²) >= 11 is 0. The molecule has 0 spiro atoms. The Bertz CT molecular complexity index is 926. The van der Waals surface area contributed by atoms with Gasteiger partial charge in [0.05, 0.1) is 17.3 Å². The first-order valence-corrected chi connectivity index (χ1v) is 8.60. The van der Waals surface area contributed by atoms with Crippen molar-refractivity contribution in [3.63, 3.8) is 0 Å². The number of β-amino-alcohol motifs (C(OH)–C–C–N with tert-alkyl or cyclic N) is 1. The monoisotopic (exact) mass is 342 g/mol. The summed E-state index contributed by atoms with van der Waals surface area (Å²) in [4.78, 5) is 14.2. The van der Waals surface area contributed by atoms with Gasteiger partial charge in [-0.15, -0.1) is 0 Å². The van der Waals surface area contributed by atoms with Gasteiger partial charge in [-0.25, -0.2) is 4.79 Å². The average Bonchev–Trinajstić information content (AvgIpc) is 3.24. The molecular weight excluding hydrogens is 320 g/mol. The Hall–Kier alpha value is -2.38. The lowest BCUT2D eigenvalue weighted by Crippen LogP contribution is -2.28. The normalized spacial score (nSPS) is 21.4. The first-order chi connectivity index (χ1) is 12.1. The molecule has 3 aromatic rings. The molecule has 2 aromatic heterocycles. The van der Waals surface area contributed by atoms with Crippen molar-refractivity contribution in [3.05, 3.63) is 52.3 Å². The number of para-hydroxylation sites is 2. The number of fused-ring (bicyclic) bond motifs is 1. The SMILES string of the molecule is Cc1cc(C[C@@H]2CN(CCn3c(=O)oc4ccccc43)C[C@H]2O)n[nH]1. The summed E-state index contributed by atoms with van der Waals surface area (Å²) in [5.41, 5.74) is 3.45. The van der Waals surface area contributed by atoms with E-state index in [0.717, 1.165) is 29.9 Å². The Morgan fingerprint density at radius 1 is 1.32 bits per heavy atom. The van der Waals surface area contributed by atoms with Crippen LogP contribution in [0.5, 0.6) is 0 Å². The Balaban J connectivity index is 1.40. The third-order valence-electron chi connectivity index (χ3n) is 4.93. The van der Waals surface area contributed by atoms with Crippen LogP contribution in [0.4, 0.5) is 0 Å². The fraction of sp³-hybridized carbons (Fsp3) is 0.444. The Morgan fingerprint density at radius 2 is 2.16 bits per heavy atom. The van der Waals surface area contributed by atoms with Gasteiger partial charge in [0.15, 0.2) is 5.58 Å². The number of benzene rings is 1. The van der Waals surface area contributed by atoms with Crippen LogP contribution in [-0.4, -0.2) is 50.5 Å². The number of aryl methyl sites for hydroxylation is 1. The second-order valence-electron chi connectivity index (χ2n) is 6.82. The zero-order chi connectivity index (χ0) is 17.4. The number of H-pyrrole nitrogens is 1. The number of nitrogens with zero attached hydrogens (tertiary/aromatic N) is 3. The quantitative estimate of drug-likeness (QED) is 0.727. The van der Waals surface area contributed by atoms with Crippen LogP contribution in [0.3, 0.4) is 0 Å². The molecule has 1 fully saturated rings. The highest BCUT2D eigenvalue weighted by Gasteiger charge is 2.31. The topological polar surface area (TPSA) is 87.3 Å². The minimum Gasteiger partial charge on any atom is -0.408 e. The molecule has 3 heterocycles. The van der Waals surface area contributed by atoms with Gasteiger partial charge in [0.1, 0.15) is 0 Å². The van der Waals surface area contributed by atoms with E-state index in [2.05, 4.69) is 15.1 Å². The number of aromatic amines is 1. The van der Waals surface area contributed by atoms with Crippen molar-refractivity contribution >= 4 is 11.1 Å². The summed E-state index contributed by atoms with van der Waals surface area (Å²) in [6.45, 7) is 4.66. The fourth-order valence-electron chi connectivity index (χ4n) is 3.64. The summed E-state index contributed by atoms with van der Waals surface area (Å²) in [6, 6.07) is 9.46. The van der Waals surface area contributed by atoms with E-state index in [0.29, 0.717) is 25.2 Å². The third kappa shape index (κ3) is 3.25. The lowest BCUT2D eigenvalue weighted by Gasteiger charge is -2.15. The lowest BCUT2D eigenvalue weighted by molar-refractivity contribution is 0.140. The van der Waals surface area contributed by atoms with E-state index in [1.165, 1.54) is 0 Å². The molecule has 2 N–H and O–H groups in total. The molecule has 1 aromatic carbocycles. The molecular formula is C18H22N4O3. The zero-order valence-electron chi connectivity index (χ0n) is 14.2. The molecule has 25 heavy (non-hydrogen) atoms. The molecule has 0 aliphatic carbocycles. The standard InChI is InChI=1S/C18H22N4O3/c1-12-8-14(20-19-12)9-13-10-21(11-16(13)23)6-7-22-15-4-2-3-5-17(15)25-18(22)24/h2-5,8,13,16,23H,6-7,9-11H2,1H3,(H,19,20)/t13-,16-/m1/s1. The van der Waals surface area contributed by atoms with Crippen LogP contribution in [0, 0.1) is 12.8 Å². The first-order valence-electron chi connectivity index (χ1n) is 8.60. The first kappa shape index (κ1) is 16.1. The highest BCUT2D eigenvalue weighted by atomic mass is 16.4. The Labute approximate surface area is 144 Å². The van der Waals surface area contributed by atoms with E-state index in [-0.39, 0.29) is 17.8 Å². The van der Waals surface area contributed by atoms with Crippen molar-refractivity contribution in [1.82, 2.24) is 19.7 Å². The van der Waals surface area contributed by atoms with Crippen molar-refractivity contribution in [2.75, 3.05) is 19.6 Å². The van der Waals surface area contributed by atoms with Gasteiger partial charge in [-0.1, -0.05) is 12.1 Å². The summed E-state index contributed by atoms with van der Waals surface area (Å²) in [5, 5.41) is 17.5. The smallest absolute Gasteiger partial charge is 0.408 e. The van der Waals surface area contributed by atoms with Crippen LogP contribution in [0.1, 0.15) is 11.4 Å². The van der Waals surface area contributed by atoms with Crippen molar-refractivity contribution in [3.8, 4) is 0 Å². The van der Waals surface area contributed by atoms with E-state index in [1.54, 1.807) is 10.6 Å². The number of aliphatic hydroxyl groups is 1. The number of nitrogens with one attached hydrogen (secondary N) is 1. The molecule has 1 aliphatic heterocycles. The molecule has 0 amide bonds. The summed E-state index contributed by atoms with van der Waals surface area (Å²) in [6.07, 6.45) is 0.395. The summed E-state index contributed by atoms with van der Waals surface area (Å²) in [7, 11) is 0. The molecule has 1 aliphatic rings. The molecule has 7 nitrogen and oxygen atoms in total. The maximum absolute atomic E-state index is 12.0. The van der Waals surface area contributed by atoms with Gasteiger partial charge in [-0.3, -0.25) is 14.6 Å². The molecule has 2 atom stereocenters. The van der Waals surface area contributed by atoms with Crippen molar-refractivity contribution in [1.29, 1.82) is 0 Å². The van der Waals surface area contributed by atoms with Crippen LogP contribution in [0.25, 0.3) is 11.1 Å². The van der Waals surface area contributed by atoms with E-state index in [1.807, 2.05) is 31.2 Å². The highest BCUT2D eigenvalue weighted by Crippen LogP contribution is 2.21. The number of aliphatic hydroxyl groups excluding tert-OH is 1. The molecule has 0 unspecified atom stereocenters. The van der Waals surface area contributed by atoms with Crippen molar-refractivity contribution in [2.24, 2.45) is 5.92 Å². The van der Waals surface area contributed by atoms with Crippen LogP contribution in [0.2, 0.25) is 0 Å². The van der Waals surface area contributed by atoms with Crippen molar-refractivity contribution in [2.45, 2.75) is 26.0 Å². The second kappa shape index (κ2) is 6.50. The predicted molar refractivity (Wildman–Crippen MR) is 93.4 cm³/mol. The van der Waals surface area contributed by atoms with Crippen molar-refractivity contribution < 1.29 is 9.52 Å². The van der Waals surface area contributed by atoms with Gasteiger partial charge in [-0.05, 0) is 31.5 Å². The minimum atomic E-state index is -0.366. The van der Waals surface area contributed by atoms with Gasteiger partial charge in [0.2, 0.25) is 0 Å². The van der Waals surface area contributed by atoms with Gasteiger partial charge in [-0.2, -0.15) is 5.10 Å². The van der Waals surface area contributed by atoms with Crippen LogP contribution < -0.4 is 5.76 Å². The van der Waals surface area contributed by atoms with Gasteiger partial charge in [0, 0.05) is 37.8 Å². The van der Waals surface area contributed by atoms with Crippen LogP contribution >= 0.6 is 0 Å². The largest absolute Gasteiger partial charge is 0.419 e. The maximum atomic E-state index is 12.0. The van der Waals surface area contributed by atoms with Gasteiger partial charge >= 0.3 is 5.76 Å². The average molecular weight is 342 g/mol. The molecule has 132 valence electrons. The van der Waals surface area contributed by atoms with Gasteiger partial charge in [0.25, 0.3) is 0 Å². The number of aromatic nitrogens is 3. The highest BCUT2D eigenvalue weighted by molar-refractivity contribution is 5.72. The molecule has 0 saturated carbocycles. The molecule has 4 rings (SSSR count). The summed E-state index contributed by atoms with van der Waals surface area (Å²) < 4.78 is 6.92. The third-order valence-corrected chi connectivity index (χ3v) is 4.93. The minimum absolute atomic E-state index is 0.167. The Morgan fingerprint density at radius 3 is 2.96 bits per heavy atom. The number of hydrogen-bond donors (Lipinski definition) is 2. The predicted octanol–water partition coefficient (Wildman–Crippen LogP) is 1.16. The molecule has 7 heteroatoms. The van der Waals surface area contributed by atoms with E-state index in [9.17, 15) is 9.90 Å². The van der Waals surface area contributed by atoms with Crippen LogP contribution in [0.15, 0.2) is 39.5 Å². The van der Waals surface area contributed by atoms with E-state index >= 15 is 0 Å². The van der Waals surface area contributed by atoms with E-state index < -0.39 is 0 Å². The maximum Gasteiger partial charge on any atom is 0.419 e. The van der Waals surface area contributed by atoms with Crippen LogP contribution in [-0.2, 0) is 13.0 Å².